The van der Waals surface area contributed by atoms with Crippen LogP contribution in [-0.2, 0) is 0 Å². The molecule has 0 aliphatic rings. The van der Waals surface area contributed by atoms with Crippen LogP contribution in [0.25, 0.3) is 0 Å². The standard InChI is InChI=1S/C13H12O2/c1-3-6-12(4-2)15-13-8-5-7-11(9-13)10-14/h3-10H,1-2H2/b12-6+. The van der Waals surface area contributed by atoms with Crippen molar-refractivity contribution in [2.45, 2.75) is 0 Å². The van der Waals surface area contributed by atoms with E-state index >= 15 is 0 Å². The molecule has 0 heterocycles. The molecule has 15 heavy (non-hydrogen) atoms. The Bertz CT molecular complexity index is 403. The van der Waals surface area contributed by atoms with Crippen molar-refractivity contribution in [3.05, 3.63) is 67.0 Å². The molecule has 0 unspecified atom stereocenters. The lowest BCUT2D eigenvalue weighted by molar-refractivity contribution is 0.112. The fraction of sp³-hybridized carbons (Fsp3) is 0. The highest BCUT2D eigenvalue weighted by Gasteiger charge is 1.97. The largest absolute Gasteiger partial charge is 0.457 e. The van der Waals surface area contributed by atoms with E-state index in [1.54, 1.807) is 42.5 Å². The van der Waals surface area contributed by atoms with Crippen LogP contribution in [0.5, 0.6) is 5.75 Å². The summed E-state index contributed by atoms with van der Waals surface area (Å²) in [7, 11) is 0. The fourth-order valence-electron chi connectivity index (χ4n) is 1.05. The van der Waals surface area contributed by atoms with Crippen LogP contribution in [0.15, 0.2) is 61.4 Å². The zero-order valence-corrected chi connectivity index (χ0v) is 8.35. The summed E-state index contributed by atoms with van der Waals surface area (Å²) in [4.78, 5) is 10.5. The van der Waals surface area contributed by atoms with Gasteiger partial charge in [0.1, 0.15) is 17.8 Å². The first-order valence-corrected chi connectivity index (χ1v) is 4.48. The molecule has 2 heteroatoms. The van der Waals surface area contributed by atoms with Gasteiger partial charge in [-0.2, -0.15) is 0 Å². The molecule has 0 saturated carbocycles. The maximum atomic E-state index is 10.5. The van der Waals surface area contributed by atoms with Gasteiger partial charge in [-0.05, 0) is 24.3 Å². The topological polar surface area (TPSA) is 26.3 Å². The van der Waals surface area contributed by atoms with E-state index in [9.17, 15) is 4.79 Å². The lowest BCUT2D eigenvalue weighted by atomic mass is 10.2. The molecule has 1 rings (SSSR count). The molecule has 0 saturated heterocycles. The number of carbonyl (C=O) groups is 1. The Hall–Kier alpha value is -2.09. The Labute approximate surface area is 89.2 Å². The van der Waals surface area contributed by atoms with E-state index in [1.165, 1.54) is 0 Å². The Morgan fingerprint density at radius 1 is 1.33 bits per heavy atom. The normalized spacial score (nSPS) is 10.5. The van der Waals surface area contributed by atoms with E-state index < -0.39 is 0 Å². The molecule has 0 aliphatic heterocycles. The molecule has 0 aliphatic carbocycles. The summed E-state index contributed by atoms with van der Waals surface area (Å²) >= 11 is 0. The van der Waals surface area contributed by atoms with Gasteiger partial charge in [0.05, 0.1) is 0 Å². The Morgan fingerprint density at radius 2 is 2.13 bits per heavy atom. The van der Waals surface area contributed by atoms with Crippen LogP contribution in [0.4, 0.5) is 0 Å². The summed E-state index contributed by atoms with van der Waals surface area (Å²) in [6, 6.07) is 6.90. The van der Waals surface area contributed by atoms with Gasteiger partial charge in [0.25, 0.3) is 0 Å². The molecule has 0 aromatic heterocycles. The number of benzene rings is 1. The summed E-state index contributed by atoms with van der Waals surface area (Å²) < 4.78 is 5.46. The van der Waals surface area contributed by atoms with Crippen molar-refractivity contribution < 1.29 is 9.53 Å². The zero-order valence-electron chi connectivity index (χ0n) is 8.35. The number of rotatable bonds is 5. The monoisotopic (exact) mass is 200 g/mol. The van der Waals surface area contributed by atoms with Gasteiger partial charge in [0.2, 0.25) is 0 Å². The summed E-state index contributed by atoms with van der Waals surface area (Å²) in [5.41, 5.74) is 0.578. The quantitative estimate of drug-likeness (QED) is 0.414. The lowest BCUT2D eigenvalue weighted by Crippen LogP contribution is -1.92. The molecule has 0 bridgehead atoms. The first kappa shape index (κ1) is 11.0. The predicted octanol–water partition coefficient (Wildman–Crippen LogP) is 3.13. The Balaban J connectivity index is 2.87. The van der Waals surface area contributed by atoms with Crippen molar-refractivity contribution in [2.75, 3.05) is 0 Å². The van der Waals surface area contributed by atoms with E-state index in [2.05, 4.69) is 13.2 Å². The highest BCUT2D eigenvalue weighted by molar-refractivity contribution is 5.75. The van der Waals surface area contributed by atoms with Gasteiger partial charge in [-0.3, -0.25) is 4.79 Å². The van der Waals surface area contributed by atoms with E-state index in [0.29, 0.717) is 17.1 Å². The van der Waals surface area contributed by atoms with Gasteiger partial charge in [0.15, 0.2) is 0 Å². The molecule has 76 valence electrons. The van der Waals surface area contributed by atoms with Crippen LogP contribution >= 0.6 is 0 Å². The van der Waals surface area contributed by atoms with Crippen molar-refractivity contribution in [1.82, 2.24) is 0 Å². The number of aldehydes is 1. The second kappa shape index (κ2) is 5.60. The third-order valence-corrected chi connectivity index (χ3v) is 1.71. The van der Waals surface area contributed by atoms with Gasteiger partial charge < -0.3 is 4.74 Å². The summed E-state index contributed by atoms with van der Waals surface area (Å²) in [5.74, 6) is 1.20. The lowest BCUT2D eigenvalue weighted by Gasteiger charge is -2.05. The highest BCUT2D eigenvalue weighted by atomic mass is 16.5. The van der Waals surface area contributed by atoms with Crippen molar-refractivity contribution >= 4 is 6.29 Å². The van der Waals surface area contributed by atoms with Gasteiger partial charge >= 0.3 is 0 Å². The summed E-state index contributed by atoms with van der Waals surface area (Å²) in [6.07, 6.45) is 5.66. The van der Waals surface area contributed by atoms with Crippen LogP contribution in [-0.4, -0.2) is 6.29 Å². The van der Waals surface area contributed by atoms with E-state index in [1.807, 2.05) is 0 Å². The third kappa shape index (κ3) is 3.27. The van der Waals surface area contributed by atoms with Gasteiger partial charge in [-0.25, -0.2) is 0 Å². The van der Waals surface area contributed by atoms with Crippen molar-refractivity contribution in [2.24, 2.45) is 0 Å². The molecule has 0 amide bonds. The molecule has 0 radical (unpaired) electrons. The Morgan fingerprint density at radius 3 is 2.73 bits per heavy atom. The summed E-state index contributed by atoms with van der Waals surface area (Å²) in [6.45, 7) is 7.17. The molecule has 1 aromatic rings. The van der Waals surface area contributed by atoms with Crippen molar-refractivity contribution in [3.8, 4) is 5.75 Å². The van der Waals surface area contributed by atoms with Crippen molar-refractivity contribution in [3.63, 3.8) is 0 Å². The van der Waals surface area contributed by atoms with Crippen LogP contribution < -0.4 is 4.74 Å². The first-order valence-electron chi connectivity index (χ1n) is 4.48. The maximum Gasteiger partial charge on any atom is 0.150 e. The van der Waals surface area contributed by atoms with E-state index in [4.69, 9.17) is 4.74 Å². The van der Waals surface area contributed by atoms with E-state index in [0.717, 1.165) is 6.29 Å². The van der Waals surface area contributed by atoms with Crippen LogP contribution in [0.3, 0.4) is 0 Å². The molecular formula is C13H12O2. The average Bonchev–Trinajstić information content (AvgIpc) is 2.29. The molecule has 0 fully saturated rings. The van der Waals surface area contributed by atoms with E-state index in [-0.39, 0.29) is 0 Å². The molecule has 1 aromatic carbocycles. The third-order valence-electron chi connectivity index (χ3n) is 1.71. The maximum absolute atomic E-state index is 10.5. The average molecular weight is 200 g/mol. The second-order valence-electron chi connectivity index (χ2n) is 2.80. The second-order valence-corrected chi connectivity index (χ2v) is 2.80. The molecule has 0 atom stereocenters. The molecule has 2 nitrogen and oxygen atoms in total. The van der Waals surface area contributed by atoms with Gasteiger partial charge in [0, 0.05) is 5.56 Å². The minimum absolute atomic E-state index is 0.578. The Kier molecular flexibility index (Phi) is 4.10. The molecule has 0 spiro atoms. The zero-order chi connectivity index (χ0) is 11.1. The predicted molar refractivity (Wildman–Crippen MR) is 60.9 cm³/mol. The van der Waals surface area contributed by atoms with Gasteiger partial charge in [-0.15, -0.1) is 0 Å². The van der Waals surface area contributed by atoms with Crippen LogP contribution in [0.2, 0.25) is 0 Å². The van der Waals surface area contributed by atoms with Crippen LogP contribution in [0.1, 0.15) is 10.4 Å². The van der Waals surface area contributed by atoms with Crippen molar-refractivity contribution in [1.29, 1.82) is 0 Å². The fourth-order valence-corrected chi connectivity index (χ4v) is 1.05. The smallest absolute Gasteiger partial charge is 0.150 e. The highest BCUT2D eigenvalue weighted by Crippen LogP contribution is 2.15. The minimum Gasteiger partial charge on any atom is -0.457 e. The number of hydrogen-bond donors (Lipinski definition) is 0. The van der Waals surface area contributed by atoms with Crippen LogP contribution in [0, 0.1) is 0 Å². The molecular weight excluding hydrogens is 188 g/mol. The SMILES string of the molecule is C=C/C=C(\C=C)Oc1cccc(C=O)c1. The number of ether oxygens (including phenoxy) is 1. The number of carbonyl (C=O) groups excluding carboxylic acids is 1. The molecule has 0 N–H and O–H groups in total. The number of allylic oxidation sites excluding steroid dienone is 3. The summed E-state index contributed by atoms with van der Waals surface area (Å²) in [5, 5.41) is 0. The first-order chi connectivity index (χ1) is 7.30. The van der Waals surface area contributed by atoms with Gasteiger partial charge in [-0.1, -0.05) is 31.4 Å². The minimum atomic E-state index is 0.578. The number of hydrogen-bond acceptors (Lipinski definition) is 2.